The number of anilines is 1. The number of alkyl halides is 4. The van der Waals surface area contributed by atoms with Crippen molar-refractivity contribution in [3.8, 4) is 0 Å². The minimum absolute atomic E-state index is 0.123. The molecule has 0 unspecified atom stereocenters. The molecule has 1 aromatic carbocycles. The molecule has 0 spiro atoms. The number of amides is 1. The van der Waals surface area contributed by atoms with Crippen molar-refractivity contribution in [3.05, 3.63) is 28.2 Å². The van der Waals surface area contributed by atoms with Crippen molar-refractivity contribution < 1.29 is 27.1 Å². The Kier molecular flexibility index (Phi) is 5.25. The highest BCUT2D eigenvalue weighted by molar-refractivity contribution is 6.42. The minimum atomic E-state index is -4.39. The van der Waals surface area contributed by atoms with Crippen molar-refractivity contribution >= 4 is 35.0 Å². The topological polar surface area (TPSA) is 38.3 Å². The van der Waals surface area contributed by atoms with E-state index in [0.717, 1.165) is 0 Å². The summed E-state index contributed by atoms with van der Waals surface area (Å²) >= 11 is 11.3. The second kappa shape index (κ2) is 6.29. The standard InChI is InChI=1S/C10H7Cl2F4NO2/c11-6-2-1-5(3-7(6)12)17-9(18)19-4-10(15,16)8(13)14/h1-3,8H,4H2,(H,17,18). The van der Waals surface area contributed by atoms with Crippen molar-refractivity contribution in [2.24, 2.45) is 0 Å². The van der Waals surface area contributed by atoms with E-state index in [-0.39, 0.29) is 15.7 Å². The van der Waals surface area contributed by atoms with Gasteiger partial charge in [-0.25, -0.2) is 13.6 Å². The molecule has 1 amide bonds. The van der Waals surface area contributed by atoms with Crippen LogP contribution in [0, 0.1) is 0 Å². The lowest BCUT2D eigenvalue weighted by molar-refractivity contribution is -0.153. The van der Waals surface area contributed by atoms with Gasteiger partial charge in [0.15, 0.2) is 6.61 Å². The van der Waals surface area contributed by atoms with E-state index in [2.05, 4.69) is 4.74 Å². The van der Waals surface area contributed by atoms with Gasteiger partial charge in [-0.1, -0.05) is 23.2 Å². The smallest absolute Gasteiger partial charge is 0.411 e. The first-order valence-corrected chi connectivity index (χ1v) is 5.53. The quantitative estimate of drug-likeness (QED) is 0.833. The number of rotatable bonds is 4. The zero-order valence-corrected chi connectivity index (χ0v) is 10.6. The summed E-state index contributed by atoms with van der Waals surface area (Å²) in [5, 5.41) is 2.39. The molecule has 0 bridgehead atoms. The van der Waals surface area contributed by atoms with Crippen molar-refractivity contribution in [1.29, 1.82) is 0 Å². The van der Waals surface area contributed by atoms with Crippen LogP contribution in [0.15, 0.2) is 18.2 Å². The Morgan fingerprint density at radius 3 is 2.47 bits per heavy atom. The van der Waals surface area contributed by atoms with Crippen LogP contribution in [-0.4, -0.2) is 25.0 Å². The molecule has 0 aromatic heterocycles. The van der Waals surface area contributed by atoms with E-state index in [1.807, 2.05) is 5.32 Å². The third-order valence-corrected chi connectivity index (χ3v) is 2.62. The molecule has 1 N–H and O–H groups in total. The highest BCUT2D eigenvalue weighted by Gasteiger charge is 2.42. The minimum Gasteiger partial charge on any atom is -0.443 e. The molecule has 106 valence electrons. The fraction of sp³-hybridized carbons (Fsp3) is 0.300. The average Bonchev–Trinajstić information content (AvgIpc) is 2.31. The summed E-state index contributed by atoms with van der Waals surface area (Å²) in [6, 6.07) is 3.93. The van der Waals surface area contributed by atoms with Crippen LogP contribution in [0.25, 0.3) is 0 Å². The van der Waals surface area contributed by atoms with Crippen LogP contribution >= 0.6 is 23.2 Å². The molecule has 1 aromatic rings. The van der Waals surface area contributed by atoms with Gasteiger partial charge in [-0.3, -0.25) is 5.32 Å². The molecule has 0 fully saturated rings. The average molecular weight is 320 g/mol. The third kappa shape index (κ3) is 4.76. The molecular weight excluding hydrogens is 313 g/mol. The number of carbonyl (C=O) groups excluding carboxylic acids is 1. The molecule has 0 atom stereocenters. The van der Waals surface area contributed by atoms with E-state index in [1.54, 1.807) is 0 Å². The second-order valence-electron chi connectivity index (χ2n) is 3.39. The molecular formula is C10H7Cl2F4NO2. The van der Waals surface area contributed by atoms with Gasteiger partial charge in [0.1, 0.15) is 0 Å². The Hall–Kier alpha value is -1.21. The van der Waals surface area contributed by atoms with Gasteiger partial charge in [0.05, 0.1) is 10.0 Å². The Morgan fingerprint density at radius 1 is 1.32 bits per heavy atom. The number of carbonyl (C=O) groups is 1. The molecule has 0 radical (unpaired) electrons. The van der Waals surface area contributed by atoms with Crippen molar-refractivity contribution in [1.82, 2.24) is 0 Å². The van der Waals surface area contributed by atoms with Gasteiger partial charge in [0, 0.05) is 5.69 Å². The zero-order valence-electron chi connectivity index (χ0n) is 9.10. The lowest BCUT2D eigenvalue weighted by atomic mass is 10.3. The van der Waals surface area contributed by atoms with E-state index < -0.39 is 25.0 Å². The third-order valence-electron chi connectivity index (χ3n) is 1.88. The van der Waals surface area contributed by atoms with Gasteiger partial charge in [-0.15, -0.1) is 0 Å². The first-order valence-electron chi connectivity index (χ1n) is 4.77. The molecule has 0 saturated carbocycles. The van der Waals surface area contributed by atoms with Crippen LogP contribution < -0.4 is 5.32 Å². The first-order chi connectivity index (χ1) is 8.72. The normalized spacial score (nSPS) is 11.5. The molecule has 0 heterocycles. The van der Waals surface area contributed by atoms with Gasteiger partial charge in [-0.2, -0.15) is 8.78 Å². The SMILES string of the molecule is O=C(Nc1ccc(Cl)c(Cl)c1)OCC(F)(F)C(F)F. The van der Waals surface area contributed by atoms with Gasteiger partial charge < -0.3 is 4.74 Å². The lowest BCUT2D eigenvalue weighted by Crippen LogP contribution is -2.34. The van der Waals surface area contributed by atoms with E-state index in [4.69, 9.17) is 23.2 Å². The van der Waals surface area contributed by atoms with Gasteiger partial charge in [0.2, 0.25) is 0 Å². The Bertz CT molecular complexity index is 471. The largest absolute Gasteiger partial charge is 0.443 e. The molecule has 0 aliphatic heterocycles. The van der Waals surface area contributed by atoms with E-state index in [9.17, 15) is 22.4 Å². The summed E-state index contributed by atoms with van der Waals surface area (Å²) in [6.45, 7) is -1.72. The number of nitrogens with one attached hydrogen (secondary N) is 1. The second-order valence-corrected chi connectivity index (χ2v) is 4.21. The molecule has 9 heteroatoms. The summed E-state index contributed by atoms with van der Waals surface area (Å²) in [5.41, 5.74) is 0.125. The number of ether oxygens (including phenoxy) is 1. The number of hydrogen-bond donors (Lipinski definition) is 1. The molecule has 0 aliphatic carbocycles. The van der Waals surface area contributed by atoms with Gasteiger partial charge in [0.25, 0.3) is 0 Å². The van der Waals surface area contributed by atoms with Crippen molar-refractivity contribution in [3.63, 3.8) is 0 Å². The fourth-order valence-corrected chi connectivity index (χ4v) is 1.25. The fourth-order valence-electron chi connectivity index (χ4n) is 0.953. The van der Waals surface area contributed by atoms with E-state index in [1.165, 1.54) is 18.2 Å². The number of benzene rings is 1. The van der Waals surface area contributed by atoms with Crippen LogP contribution in [0.5, 0.6) is 0 Å². The van der Waals surface area contributed by atoms with Crippen molar-refractivity contribution in [2.75, 3.05) is 11.9 Å². The van der Waals surface area contributed by atoms with E-state index in [0.29, 0.717) is 0 Å². The van der Waals surface area contributed by atoms with Crippen LogP contribution in [0.3, 0.4) is 0 Å². The summed E-state index contributed by atoms with van der Waals surface area (Å²) in [5.74, 6) is -4.39. The van der Waals surface area contributed by atoms with Crippen LogP contribution in [0.1, 0.15) is 0 Å². The maximum Gasteiger partial charge on any atom is 0.411 e. The predicted molar refractivity (Wildman–Crippen MR) is 62.4 cm³/mol. The first kappa shape index (κ1) is 15.8. The van der Waals surface area contributed by atoms with Gasteiger partial charge in [-0.05, 0) is 18.2 Å². The molecule has 3 nitrogen and oxygen atoms in total. The lowest BCUT2D eigenvalue weighted by Gasteiger charge is -2.15. The van der Waals surface area contributed by atoms with Crippen LogP contribution in [0.4, 0.5) is 28.0 Å². The number of hydrogen-bond acceptors (Lipinski definition) is 2. The number of halogens is 6. The highest BCUT2D eigenvalue weighted by Crippen LogP contribution is 2.26. The van der Waals surface area contributed by atoms with Crippen LogP contribution in [-0.2, 0) is 4.74 Å². The maximum absolute atomic E-state index is 12.5. The predicted octanol–water partition coefficient (Wildman–Crippen LogP) is 4.44. The van der Waals surface area contributed by atoms with Gasteiger partial charge >= 0.3 is 18.4 Å². The monoisotopic (exact) mass is 319 g/mol. The molecule has 19 heavy (non-hydrogen) atoms. The molecule has 0 aliphatic rings. The Balaban J connectivity index is 2.54. The summed E-state index contributed by atoms with van der Waals surface area (Å²) in [7, 11) is 0. The van der Waals surface area contributed by atoms with Crippen LogP contribution in [0.2, 0.25) is 10.0 Å². The van der Waals surface area contributed by atoms with E-state index >= 15 is 0 Å². The van der Waals surface area contributed by atoms with Crippen molar-refractivity contribution in [2.45, 2.75) is 12.3 Å². The summed E-state index contributed by atoms with van der Waals surface area (Å²) < 4.78 is 52.5. The maximum atomic E-state index is 12.5. The highest BCUT2D eigenvalue weighted by atomic mass is 35.5. The summed E-state index contributed by atoms with van der Waals surface area (Å²) in [6.07, 6.45) is -5.22. The zero-order chi connectivity index (χ0) is 14.6. The molecule has 1 rings (SSSR count). The summed E-state index contributed by atoms with van der Waals surface area (Å²) in [4.78, 5) is 11.1. The Morgan fingerprint density at radius 2 is 1.95 bits per heavy atom. The molecule has 0 saturated heterocycles. The Labute approximate surface area is 115 Å².